The van der Waals surface area contributed by atoms with E-state index < -0.39 is 5.41 Å². The molecule has 3 nitrogen and oxygen atoms in total. The summed E-state index contributed by atoms with van der Waals surface area (Å²) in [6, 6.07) is 71.6. The van der Waals surface area contributed by atoms with E-state index in [9.17, 15) is 0 Å². The Labute approximate surface area is 429 Å². The maximum atomic E-state index is 7.19. The van der Waals surface area contributed by atoms with Gasteiger partial charge < -0.3 is 14.1 Å². The lowest BCUT2D eigenvalue weighted by Crippen LogP contribution is -2.33. The topological polar surface area (TPSA) is 25.6 Å². The summed E-state index contributed by atoms with van der Waals surface area (Å²) in [5, 5.41) is 2.26. The van der Waals surface area contributed by atoms with E-state index in [0.717, 1.165) is 61.6 Å². The molecule has 1 aliphatic heterocycles. The number of benzene rings is 9. The van der Waals surface area contributed by atoms with Crippen molar-refractivity contribution in [2.45, 2.75) is 101 Å². The van der Waals surface area contributed by atoms with E-state index in [0.29, 0.717) is 11.8 Å². The molecule has 0 amide bonds. The highest BCUT2D eigenvalue weighted by Gasteiger charge is 2.52. The van der Waals surface area contributed by atoms with Crippen LogP contribution in [-0.2, 0) is 10.8 Å². The zero-order chi connectivity index (χ0) is 48.4. The van der Waals surface area contributed by atoms with Gasteiger partial charge in [0, 0.05) is 44.3 Å². The Hall–Kier alpha value is -7.62. The molecule has 1 spiro atoms. The molecule has 2 saturated carbocycles. The van der Waals surface area contributed by atoms with E-state index in [1.54, 1.807) is 0 Å². The number of furan rings is 1. The summed E-state index contributed by atoms with van der Waals surface area (Å²) in [6.45, 7) is 4.79. The SMILES string of the molecule is CC1(C)c2ccccc2-c2ccc(N(c3ccc4c(c3)C3(c5cc(C6CCCCC6)ccc5Oc5ccc(C6CCCCC6)cc53)c3ccccc3-4)c3ccccc3-c3cccc4oc5ccccc5c34)cc21. The molecule has 10 aromatic rings. The van der Waals surface area contributed by atoms with Crippen molar-refractivity contribution in [3.63, 3.8) is 0 Å². The van der Waals surface area contributed by atoms with Crippen molar-refractivity contribution in [1.29, 1.82) is 0 Å². The van der Waals surface area contributed by atoms with Crippen LogP contribution in [0.2, 0.25) is 0 Å². The second-order valence-corrected chi connectivity index (χ2v) is 22.3. The molecule has 5 aliphatic rings. The van der Waals surface area contributed by atoms with Crippen molar-refractivity contribution < 1.29 is 9.15 Å². The molecule has 0 saturated heterocycles. The van der Waals surface area contributed by atoms with E-state index in [1.165, 1.54) is 131 Å². The van der Waals surface area contributed by atoms with Gasteiger partial charge in [0.05, 0.1) is 11.1 Å². The molecule has 2 fully saturated rings. The van der Waals surface area contributed by atoms with Crippen LogP contribution in [0, 0.1) is 0 Å². The Morgan fingerprint density at radius 1 is 0.397 bits per heavy atom. The van der Waals surface area contributed by atoms with Crippen LogP contribution in [0.15, 0.2) is 192 Å². The van der Waals surface area contributed by atoms with Gasteiger partial charge >= 0.3 is 0 Å². The first-order valence-corrected chi connectivity index (χ1v) is 27.2. The van der Waals surface area contributed by atoms with Crippen molar-refractivity contribution in [2.75, 3.05) is 4.90 Å². The van der Waals surface area contributed by atoms with Gasteiger partial charge in [-0.05, 0) is 153 Å². The van der Waals surface area contributed by atoms with Crippen LogP contribution in [0.5, 0.6) is 11.5 Å². The van der Waals surface area contributed by atoms with Crippen molar-refractivity contribution in [2.24, 2.45) is 0 Å². The third kappa shape index (κ3) is 6.37. The van der Waals surface area contributed by atoms with Crippen LogP contribution in [0.3, 0.4) is 0 Å². The van der Waals surface area contributed by atoms with E-state index in [4.69, 9.17) is 9.15 Å². The average Bonchev–Trinajstić information content (AvgIpc) is 4.08. The minimum atomic E-state index is -0.617. The molecule has 0 bridgehead atoms. The number of fused-ring (bicyclic) bond motifs is 15. The van der Waals surface area contributed by atoms with Crippen LogP contribution in [-0.4, -0.2) is 0 Å². The fraction of sp³-hybridized carbons (Fsp3) is 0.229. The van der Waals surface area contributed by atoms with Gasteiger partial charge in [-0.15, -0.1) is 0 Å². The van der Waals surface area contributed by atoms with Gasteiger partial charge in [0.25, 0.3) is 0 Å². The monoisotopic (exact) mass is 945 g/mol. The Morgan fingerprint density at radius 3 is 1.60 bits per heavy atom. The third-order valence-corrected chi connectivity index (χ3v) is 18.1. The lowest BCUT2D eigenvalue weighted by Gasteiger charge is -2.41. The maximum absolute atomic E-state index is 7.19. The molecule has 0 radical (unpaired) electrons. The van der Waals surface area contributed by atoms with E-state index in [2.05, 4.69) is 207 Å². The minimum Gasteiger partial charge on any atom is -0.457 e. The number of para-hydroxylation sites is 2. The van der Waals surface area contributed by atoms with Gasteiger partial charge in [0.1, 0.15) is 22.7 Å². The zero-order valence-corrected chi connectivity index (χ0v) is 41.9. The Bertz CT molecular complexity index is 3790. The molecular formula is C70H59NO2. The number of hydrogen-bond donors (Lipinski definition) is 0. The standard InChI is InChI=1S/C70H59NO2/c1-69(2)57-27-13-9-22-50(57)52-36-34-48(42-59(52)69)71(63-29-15-11-24-54(63)55-26-17-31-67-68(55)56-25-12-16-30-64(56)72-67)49-35-37-53-51-23-10-14-28-58(51)70(60(53)43-49)61-40-46(44-18-5-3-6-19-44)32-38-65(61)73-66-39-33-47(41-62(66)70)45-20-7-4-8-21-45/h9-17,22-45H,3-8,18-21H2,1-2H3. The third-order valence-electron chi connectivity index (χ3n) is 18.1. The molecule has 73 heavy (non-hydrogen) atoms. The molecule has 4 aliphatic carbocycles. The van der Waals surface area contributed by atoms with Crippen LogP contribution in [0.25, 0.3) is 55.3 Å². The summed E-state index contributed by atoms with van der Waals surface area (Å²) < 4.78 is 13.8. The first kappa shape index (κ1) is 43.0. The summed E-state index contributed by atoms with van der Waals surface area (Å²) in [7, 11) is 0. The number of nitrogens with zero attached hydrogens (tertiary/aromatic N) is 1. The summed E-state index contributed by atoms with van der Waals surface area (Å²) >= 11 is 0. The fourth-order valence-electron chi connectivity index (χ4n) is 14.6. The van der Waals surface area contributed by atoms with E-state index in [-0.39, 0.29) is 5.41 Å². The van der Waals surface area contributed by atoms with Gasteiger partial charge in [0.15, 0.2) is 0 Å². The summed E-state index contributed by atoms with van der Waals surface area (Å²) in [4.78, 5) is 2.56. The smallest absolute Gasteiger partial charge is 0.136 e. The minimum absolute atomic E-state index is 0.181. The van der Waals surface area contributed by atoms with E-state index >= 15 is 0 Å². The van der Waals surface area contributed by atoms with Gasteiger partial charge in [-0.2, -0.15) is 0 Å². The Morgan fingerprint density at radius 2 is 0.918 bits per heavy atom. The largest absolute Gasteiger partial charge is 0.457 e. The van der Waals surface area contributed by atoms with Crippen LogP contribution in [0.4, 0.5) is 17.1 Å². The molecule has 0 unspecified atom stereocenters. The number of anilines is 3. The predicted molar refractivity (Wildman–Crippen MR) is 300 cm³/mol. The highest BCUT2D eigenvalue weighted by molar-refractivity contribution is 6.14. The average molecular weight is 946 g/mol. The second kappa shape index (κ2) is 16.5. The normalized spacial score (nSPS) is 17.1. The molecule has 0 atom stereocenters. The highest BCUT2D eigenvalue weighted by Crippen LogP contribution is 2.64. The number of rotatable bonds is 6. The molecular weight excluding hydrogens is 887 g/mol. The molecule has 15 rings (SSSR count). The lowest BCUT2D eigenvalue weighted by molar-refractivity contribution is 0.424. The first-order chi connectivity index (χ1) is 35.9. The van der Waals surface area contributed by atoms with Gasteiger partial charge in [-0.25, -0.2) is 0 Å². The number of ether oxygens (including phenoxy) is 1. The van der Waals surface area contributed by atoms with Crippen LogP contribution < -0.4 is 9.64 Å². The summed E-state index contributed by atoms with van der Waals surface area (Å²) in [5.74, 6) is 3.03. The van der Waals surface area contributed by atoms with Gasteiger partial charge in [-0.3, -0.25) is 0 Å². The van der Waals surface area contributed by atoms with Crippen molar-refractivity contribution in [3.8, 4) is 44.9 Å². The van der Waals surface area contributed by atoms with Crippen molar-refractivity contribution >= 4 is 39.0 Å². The summed E-state index contributed by atoms with van der Waals surface area (Å²) in [6.07, 6.45) is 12.8. The molecule has 1 aromatic heterocycles. The van der Waals surface area contributed by atoms with Crippen LogP contribution >= 0.6 is 0 Å². The summed E-state index contributed by atoms with van der Waals surface area (Å²) in [5.41, 5.74) is 22.7. The molecule has 2 heterocycles. The Balaban J connectivity index is 1.01. The number of hydrogen-bond acceptors (Lipinski definition) is 3. The van der Waals surface area contributed by atoms with Gasteiger partial charge in [0.2, 0.25) is 0 Å². The quantitative estimate of drug-likeness (QED) is 0.166. The lowest BCUT2D eigenvalue weighted by atomic mass is 9.64. The van der Waals surface area contributed by atoms with E-state index in [1.807, 2.05) is 0 Å². The van der Waals surface area contributed by atoms with Gasteiger partial charge in [-0.1, -0.05) is 186 Å². The molecule has 356 valence electrons. The molecule has 0 N–H and O–H groups in total. The molecule has 9 aromatic carbocycles. The predicted octanol–water partition coefficient (Wildman–Crippen LogP) is 19.6. The van der Waals surface area contributed by atoms with Crippen molar-refractivity contribution in [1.82, 2.24) is 0 Å². The maximum Gasteiger partial charge on any atom is 0.136 e. The van der Waals surface area contributed by atoms with Crippen molar-refractivity contribution in [3.05, 3.63) is 233 Å². The fourth-order valence-corrected chi connectivity index (χ4v) is 14.6. The van der Waals surface area contributed by atoms with Crippen LogP contribution in [0.1, 0.15) is 134 Å². The first-order valence-electron chi connectivity index (χ1n) is 27.2. The second-order valence-electron chi connectivity index (χ2n) is 22.3. The zero-order valence-electron chi connectivity index (χ0n) is 41.9. The Kier molecular flexibility index (Phi) is 9.69. The highest BCUT2D eigenvalue weighted by atomic mass is 16.5. The molecule has 3 heteroatoms.